The van der Waals surface area contributed by atoms with E-state index in [0.29, 0.717) is 0 Å². The van der Waals surface area contributed by atoms with Gasteiger partial charge in [0.15, 0.2) is 0 Å². The minimum Gasteiger partial charge on any atom is -0.317 e. The molecule has 0 aromatic heterocycles. The maximum absolute atomic E-state index is 3.43. The van der Waals surface area contributed by atoms with E-state index in [1.807, 2.05) is 0 Å². The highest BCUT2D eigenvalue weighted by atomic mass is 15.1. The number of hydrogen-bond acceptors (Lipinski definition) is 2. The van der Waals surface area contributed by atoms with Crippen LogP contribution >= 0.6 is 0 Å². The predicted octanol–water partition coefficient (Wildman–Crippen LogP) is 1.86. The summed E-state index contributed by atoms with van der Waals surface area (Å²) in [5, 5.41) is 3.43. The average molecular weight is 196 g/mol. The molecule has 2 unspecified atom stereocenters. The normalized spacial score (nSPS) is 33.6. The molecule has 0 saturated heterocycles. The quantitative estimate of drug-likeness (QED) is 0.738. The lowest BCUT2D eigenvalue weighted by Gasteiger charge is -2.35. The first-order chi connectivity index (χ1) is 6.79. The second-order valence-corrected chi connectivity index (χ2v) is 5.19. The minimum absolute atomic E-state index is 0.774. The summed E-state index contributed by atoms with van der Waals surface area (Å²) in [4.78, 5) is 2.61. The van der Waals surface area contributed by atoms with Crippen LogP contribution in [-0.2, 0) is 0 Å². The summed E-state index contributed by atoms with van der Waals surface area (Å²) >= 11 is 0. The van der Waals surface area contributed by atoms with Crippen LogP contribution in [0.3, 0.4) is 0 Å². The smallest absolute Gasteiger partial charge is 0.0107 e. The van der Waals surface area contributed by atoms with Crippen LogP contribution in [0.15, 0.2) is 0 Å². The third-order valence-electron chi connectivity index (χ3n) is 3.92. The van der Waals surface area contributed by atoms with E-state index in [-0.39, 0.29) is 0 Å². The lowest BCUT2D eigenvalue weighted by molar-refractivity contribution is 0.166. The van der Waals surface area contributed by atoms with Crippen molar-refractivity contribution >= 4 is 0 Å². The Morgan fingerprint density at radius 2 is 2.00 bits per heavy atom. The molecule has 14 heavy (non-hydrogen) atoms. The van der Waals surface area contributed by atoms with Gasteiger partial charge in [0, 0.05) is 18.6 Å². The first-order valence-corrected chi connectivity index (χ1v) is 6.17. The SMILES string of the molecule is CNC1CCCC(N(C)CC2CC2)C1. The first kappa shape index (κ1) is 10.4. The third-order valence-corrected chi connectivity index (χ3v) is 3.92. The van der Waals surface area contributed by atoms with Crippen molar-refractivity contribution in [2.45, 2.75) is 50.6 Å². The Bertz CT molecular complexity index is 177. The molecule has 0 bridgehead atoms. The fourth-order valence-corrected chi connectivity index (χ4v) is 2.68. The summed E-state index contributed by atoms with van der Waals surface area (Å²) in [6, 6.07) is 1.62. The molecule has 0 aromatic rings. The summed E-state index contributed by atoms with van der Waals surface area (Å²) in [6.07, 6.45) is 8.52. The highest BCUT2D eigenvalue weighted by Gasteiger charge is 2.28. The van der Waals surface area contributed by atoms with Gasteiger partial charge >= 0.3 is 0 Å². The van der Waals surface area contributed by atoms with Crippen molar-refractivity contribution in [3.63, 3.8) is 0 Å². The van der Waals surface area contributed by atoms with Gasteiger partial charge in [0.25, 0.3) is 0 Å². The molecule has 0 aliphatic heterocycles. The molecule has 2 saturated carbocycles. The van der Waals surface area contributed by atoms with Gasteiger partial charge in [-0.05, 0) is 52.1 Å². The monoisotopic (exact) mass is 196 g/mol. The molecule has 0 amide bonds. The van der Waals surface area contributed by atoms with Gasteiger partial charge in [-0.2, -0.15) is 0 Å². The molecule has 2 nitrogen and oxygen atoms in total. The Kier molecular flexibility index (Phi) is 3.45. The standard InChI is InChI=1S/C12H24N2/c1-13-11-4-3-5-12(8-11)14(2)9-10-6-7-10/h10-13H,3-9H2,1-2H3. The largest absolute Gasteiger partial charge is 0.317 e. The van der Waals surface area contributed by atoms with Crippen molar-refractivity contribution in [1.82, 2.24) is 10.2 Å². The van der Waals surface area contributed by atoms with Gasteiger partial charge < -0.3 is 10.2 Å². The molecular formula is C12H24N2. The molecule has 2 atom stereocenters. The average Bonchev–Trinajstić information content (AvgIpc) is 3.02. The highest BCUT2D eigenvalue weighted by molar-refractivity contribution is 4.85. The van der Waals surface area contributed by atoms with Crippen LogP contribution in [0, 0.1) is 5.92 Å². The maximum atomic E-state index is 3.43. The van der Waals surface area contributed by atoms with E-state index in [1.54, 1.807) is 0 Å². The molecular weight excluding hydrogens is 172 g/mol. The van der Waals surface area contributed by atoms with E-state index in [9.17, 15) is 0 Å². The van der Waals surface area contributed by atoms with Crippen molar-refractivity contribution in [3.05, 3.63) is 0 Å². The Hall–Kier alpha value is -0.0800. The van der Waals surface area contributed by atoms with Crippen LogP contribution in [0.4, 0.5) is 0 Å². The van der Waals surface area contributed by atoms with Crippen LogP contribution in [0.2, 0.25) is 0 Å². The number of rotatable bonds is 4. The lowest BCUT2D eigenvalue weighted by Crippen LogP contribution is -2.42. The molecule has 0 heterocycles. The summed E-state index contributed by atoms with van der Waals surface area (Å²) in [5.41, 5.74) is 0. The third kappa shape index (κ3) is 2.71. The number of nitrogens with one attached hydrogen (secondary N) is 1. The zero-order valence-electron chi connectivity index (χ0n) is 9.63. The molecule has 0 spiro atoms. The van der Waals surface area contributed by atoms with E-state index >= 15 is 0 Å². The molecule has 82 valence electrons. The Labute approximate surface area is 88.1 Å². The van der Waals surface area contributed by atoms with Crippen LogP contribution in [0.5, 0.6) is 0 Å². The van der Waals surface area contributed by atoms with Crippen LogP contribution in [0.25, 0.3) is 0 Å². The molecule has 2 heteroatoms. The fraction of sp³-hybridized carbons (Fsp3) is 1.00. The molecule has 2 fully saturated rings. The Morgan fingerprint density at radius 1 is 1.21 bits per heavy atom. The summed E-state index contributed by atoms with van der Waals surface area (Å²) in [6.45, 7) is 1.35. The zero-order chi connectivity index (χ0) is 9.97. The molecule has 1 N–H and O–H groups in total. The van der Waals surface area contributed by atoms with Crippen molar-refractivity contribution in [3.8, 4) is 0 Å². The van der Waals surface area contributed by atoms with Crippen molar-refractivity contribution < 1.29 is 0 Å². The molecule has 2 aliphatic rings. The van der Waals surface area contributed by atoms with Gasteiger partial charge in [-0.1, -0.05) is 6.42 Å². The minimum atomic E-state index is 0.774. The van der Waals surface area contributed by atoms with Crippen molar-refractivity contribution in [1.29, 1.82) is 0 Å². The number of nitrogens with zero attached hydrogens (tertiary/aromatic N) is 1. The van der Waals surface area contributed by atoms with E-state index in [4.69, 9.17) is 0 Å². The highest BCUT2D eigenvalue weighted by Crippen LogP contribution is 2.31. The van der Waals surface area contributed by atoms with Crippen molar-refractivity contribution in [2.24, 2.45) is 5.92 Å². The Balaban J connectivity index is 1.76. The second-order valence-electron chi connectivity index (χ2n) is 5.19. The van der Waals surface area contributed by atoms with Gasteiger partial charge in [0.05, 0.1) is 0 Å². The summed E-state index contributed by atoms with van der Waals surface area (Å²) in [7, 11) is 4.43. The summed E-state index contributed by atoms with van der Waals surface area (Å²) in [5.74, 6) is 1.04. The van der Waals surface area contributed by atoms with Crippen LogP contribution < -0.4 is 5.32 Å². The predicted molar refractivity (Wildman–Crippen MR) is 60.5 cm³/mol. The Morgan fingerprint density at radius 3 is 2.64 bits per heavy atom. The maximum Gasteiger partial charge on any atom is 0.0107 e. The topological polar surface area (TPSA) is 15.3 Å². The summed E-state index contributed by atoms with van der Waals surface area (Å²) < 4.78 is 0. The van der Waals surface area contributed by atoms with E-state index < -0.39 is 0 Å². The van der Waals surface area contributed by atoms with E-state index in [0.717, 1.165) is 18.0 Å². The van der Waals surface area contributed by atoms with Crippen LogP contribution in [-0.4, -0.2) is 37.6 Å². The molecule has 2 rings (SSSR count). The molecule has 2 aliphatic carbocycles. The van der Waals surface area contributed by atoms with E-state index in [1.165, 1.54) is 45.1 Å². The van der Waals surface area contributed by atoms with Gasteiger partial charge in [0.1, 0.15) is 0 Å². The fourth-order valence-electron chi connectivity index (χ4n) is 2.68. The van der Waals surface area contributed by atoms with Gasteiger partial charge in [0.2, 0.25) is 0 Å². The van der Waals surface area contributed by atoms with Gasteiger partial charge in [-0.15, -0.1) is 0 Å². The number of hydrogen-bond donors (Lipinski definition) is 1. The zero-order valence-corrected chi connectivity index (χ0v) is 9.63. The first-order valence-electron chi connectivity index (χ1n) is 6.17. The van der Waals surface area contributed by atoms with Crippen LogP contribution in [0.1, 0.15) is 38.5 Å². The molecule has 0 radical (unpaired) electrons. The van der Waals surface area contributed by atoms with Gasteiger partial charge in [-0.3, -0.25) is 0 Å². The van der Waals surface area contributed by atoms with E-state index in [2.05, 4.69) is 24.3 Å². The molecule has 0 aromatic carbocycles. The lowest BCUT2D eigenvalue weighted by atomic mass is 9.90. The van der Waals surface area contributed by atoms with Gasteiger partial charge in [-0.25, -0.2) is 0 Å². The van der Waals surface area contributed by atoms with Crippen molar-refractivity contribution in [2.75, 3.05) is 20.6 Å². The second kappa shape index (κ2) is 4.63.